The predicted octanol–water partition coefficient (Wildman–Crippen LogP) is 5.15. The number of hydrogen-bond acceptors (Lipinski definition) is 5. The zero-order chi connectivity index (χ0) is 30.5. The summed E-state index contributed by atoms with van der Waals surface area (Å²) in [5.74, 6) is -0.548. The zero-order valence-electron chi connectivity index (χ0n) is 25.2. The van der Waals surface area contributed by atoms with E-state index in [9.17, 15) is 18.0 Å². The highest BCUT2D eigenvalue weighted by Gasteiger charge is 2.34. The van der Waals surface area contributed by atoms with Gasteiger partial charge in [-0.1, -0.05) is 48.0 Å². The van der Waals surface area contributed by atoms with E-state index in [1.807, 2.05) is 71.9 Å². The highest BCUT2D eigenvalue weighted by molar-refractivity contribution is 7.92. The number of nitrogens with zero attached hydrogens (tertiary/aromatic N) is 2. The Kier molecular flexibility index (Phi) is 9.86. The number of anilines is 1. The minimum atomic E-state index is -4.20. The molecule has 3 aromatic rings. The Morgan fingerprint density at radius 1 is 0.927 bits per heavy atom. The molecule has 0 saturated carbocycles. The van der Waals surface area contributed by atoms with E-state index in [-0.39, 0.29) is 23.0 Å². The van der Waals surface area contributed by atoms with E-state index in [2.05, 4.69) is 5.32 Å². The van der Waals surface area contributed by atoms with Gasteiger partial charge in [-0.25, -0.2) is 8.42 Å². The van der Waals surface area contributed by atoms with Crippen molar-refractivity contribution in [1.29, 1.82) is 0 Å². The standard InChI is InChI=1S/C32H41N3O5S/c1-22-13-16-27(17-14-22)41(38,39)35(28-19-23(2)15-18-29(28)40-8)21-30(36)34(20-26-12-10-9-11-24(26)3)25(4)31(37)33-32(5,6)7/h9-19,25H,20-21H2,1-8H3,(H,33,37)/t25-/m0/s1. The van der Waals surface area contributed by atoms with Crippen LogP contribution in [0, 0.1) is 20.8 Å². The van der Waals surface area contributed by atoms with Gasteiger partial charge in [0.1, 0.15) is 18.3 Å². The minimum Gasteiger partial charge on any atom is -0.495 e. The summed E-state index contributed by atoms with van der Waals surface area (Å²) in [7, 11) is -2.74. The van der Waals surface area contributed by atoms with Crippen molar-refractivity contribution in [3.8, 4) is 5.75 Å². The molecule has 1 N–H and O–H groups in total. The van der Waals surface area contributed by atoms with Crippen LogP contribution < -0.4 is 14.4 Å². The van der Waals surface area contributed by atoms with E-state index in [0.29, 0.717) is 5.75 Å². The van der Waals surface area contributed by atoms with Gasteiger partial charge in [-0.2, -0.15) is 0 Å². The Bertz CT molecular complexity index is 1490. The van der Waals surface area contributed by atoms with Gasteiger partial charge in [-0.15, -0.1) is 0 Å². The topological polar surface area (TPSA) is 96.0 Å². The van der Waals surface area contributed by atoms with E-state index in [0.717, 1.165) is 26.6 Å². The maximum atomic E-state index is 14.2. The first-order valence-electron chi connectivity index (χ1n) is 13.5. The Morgan fingerprint density at radius 3 is 2.12 bits per heavy atom. The normalized spacial score (nSPS) is 12.4. The first-order chi connectivity index (χ1) is 19.1. The molecule has 3 aromatic carbocycles. The first kappa shape index (κ1) is 31.7. The molecule has 3 rings (SSSR count). The van der Waals surface area contributed by atoms with Gasteiger partial charge in [-0.05, 0) is 89.4 Å². The lowest BCUT2D eigenvalue weighted by molar-refractivity contribution is -0.140. The molecule has 0 bridgehead atoms. The second kappa shape index (κ2) is 12.8. The van der Waals surface area contributed by atoms with E-state index >= 15 is 0 Å². The lowest BCUT2D eigenvalue weighted by Crippen LogP contribution is -2.54. The molecule has 0 radical (unpaired) electrons. The van der Waals surface area contributed by atoms with Crippen LogP contribution in [0.4, 0.5) is 5.69 Å². The van der Waals surface area contributed by atoms with E-state index in [4.69, 9.17) is 4.74 Å². The fourth-order valence-electron chi connectivity index (χ4n) is 4.37. The number of sulfonamides is 1. The number of benzene rings is 3. The summed E-state index contributed by atoms with van der Waals surface area (Å²) in [6, 6.07) is 18.4. The molecular formula is C32H41N3O5S. The Labute approximate surface area is 244 Å². The molecule has 0 unspecified atom stereocenters. The fraction of sp³-hybridized carbons (Fsp3) is 0.375. The third-order valence-corrected chi connectivity index (χ3v) is 8.53. The number of rotatable bonds is 10. The highest BCUT2D eigenvalue weighted by Crippen LogP contribution is 2.34. The maximum absolute atomic E-state index is 14.2. The molecule has 0 saturated heterocycles. The van der Waals surface area contributed by atoms with Crippen LogP contribution in [-0.2, 0) is 26.2 Å². The molecule has 0 aromatic heterocycles. The number of ether oxygens (including phenoxy) is 1. The average molecular weight is 580 g/mol. The minimum absolute atomic E-state index is 0.0448. The molecule has 0 aliphatic heterocycles. The third-order valence-electron chi connectivity index (χ3n) is 6.76. The smallest absolute Gasteiger partial charge is 0.264 e. The van der Waals surface area contributed by atoms with Gasteiger partial charge < -0.3 is 15.0 Å². The number of nitrogens with one attached hydrogen (secondary N) is 1. The molecule has 0 aliphatic rings. The van der Waals surface area contributed by atoms with Crippen molar-refractivity contribution in [2.24, 2.45) is 0 Å². The van der Waals surface area contributed by atoms with Gasteiger partial charge in [-0.3, -0.25) is 13.9 Å². The molecule has 2 amide bonds. The van der Waals surface area contributed by atoms with E-state index < -0.39 is 34.1 Å². The summed E-state index contributed by atoms with van der Waals surface area (Å²) in [5, 5.41) is 2.94. The van der Waals surface area contributed by atoms with Crippen LogP contribution in [0.5, 0.6) is 5.75 Å². The lowest BCUT2D eigenvalue weighted by Gasteiger charge is -2.34. The molecule has 220 valence electrons. The average Bonchev–Trinajstić information content (AvgIpc) is 2.90. The van der Waals surface area contributed by atoms with Crippen LogP contribution in [0.15, 0.2) is 71.6 Å². The van der Waals surface area contributed by atoms with Crippen molar-refractivity contribution in [2.45, 2.75) is 71.5 Å². The van der Waals surface area contributed by atoms with Gasteiger partial charge in [0.05, 0.1) is 17.7 Å². The van der Waals surface area contributed by atoms with E-state index in [1.165, 1.54) is 24.1 Å². The van der Waals surface area contributed by atoms with Crippen LogP contribution in [0.1, 0.15) is 49.9 Å². The maximum Gasteiger partial charge on any atom is 0.264 e. The molecule has 0 aliphatic carbocycles. The molecule has 9 heteroatoms. The van der Waals surface area contributed by atoms with Gasteiger partial charge in [0, 0.05) is 12.1 Å². The first-order valence-corrected chi connectivity index (χ1v) is 15.0. The van der Waals surface area contributed by atoms with Crippen molar-refractivity contribution in [3.05, 3.63) is 89.0 Å². The molecule has 0 fully saturated rings. The van der Waals surface area contributed by atoms with E-state index in [1.54, 1.807) is 31.2 Å². The summed E-state index contributed by atoms with van der Waals surface area (Å²) in [6.07, 6.45) is 0. The summed E-state index contributed by atoms with van der Waals surface area (Å²) < 4.78 is 34.8. The molecule has 41 heavy (non-hydrogen) atoms. The van der Waals surface area contributed by atoms with Crippen molar-refractivity contribution >= 4 is 27.5 Å². The largest absolute Gasteiger partial charge is 0.495 e. The lowest BCUT2D eigenvalue weighted by atomic mass is 10.1. The molecule has 0 spiro atoms. The predicted molar refractivity (Wildman–Crippen MR) is 163 cm³/mol. The van der Waals surface area contributed by atoms with Crippen LogP contribution in [0.25, 0.3) is 0 Å². The monoisotopic (exact) mass is 579 g/mol. The summed E-state index contributed by atoms with van der Waals surface area (Å²) in [4.78, 5) is 28.9. The molecule has 8 nitrogen and oxygen atoms in total. The van der Waals surface area contributed by atoms with Gasteiger partial charge >= 0.3 is 0 Å². The quantitative estimate of drug-likeness (QED) is 0.359. The number of aryl methyl sites for hydroxylation is 3. The number of carbonyl (C=O) groups excluding carboxylic acids is 2. The molecule has 0 heterocycles. The van der Waals surface area contributed by atoms with Crippen LogP contribution in [-0.4, -0.2) is 50.4 Å². The van der Waals surface area contributed by atoms with Gasteiger partial charge in [0.2, 0.25) is 11.8 Å². The third kappa shape index (κ3) is 7.88. The second-order valence-corrected chi connectivity index (χ2v) is 13.2. The summed E-state index contributed by atoms with van der Waals surface area (Å²) in [6.45, 7) is 12.5. The SMILES string of the molecule is COc1ccc(C)cc1N(CC(=O)N(Cc1ccccc1C)[C@@H](C)C(=O)NC(C)(C)C)S(=O)(=O)c1ccc(C)cc1. The number of carbonyl (C=O) groups is 2. The number of hydrogen-bond donors (Lipinski definition) is 1. The van der Waals surface area contributed by atoms with Crippen LogP contribution in [0.3, 0.4) is 0 Å². The number of amides is 2. The van der Waals surface area contributed by atoms with Gasteiger partial charge in [0.15, 0.2) is 0 Å². The van der Waals surface area contributed by atoms with Crippen molar-refractivity contribution in [3.63, 3.8) is 0 Å². The fourth-order valence-corrected chi connectivity index (χ4v) is 5.79. The molecule has 1 atom stereocenters. The van der Waals surface area contributed by atoms with Crippen molar-refractivity contribution in [1.82, 2.24) is 10.2 Å². The summed E-state index contributed by atoms with van der Waals surface area (Å²) >= 11 is 0. The van der Waals surface area contributed by atoms with Crippen LogP contribution >= 0.6 is 0 Å². The number of methoxy groups -OCH3 is 1. The Balaban J connectivity index is 2.12. The van der Waals surface area contributed by atoms with Crippen LogP contribution in [0.2, 0.25) is 0 Å². The Hall–Kier alpha value is -3.85. The second-order valence-electron chi connectivity index (χ2n) is 11.4. The summed E-state index contributed by atoms with van der Waals surface area (Å²) in [5.41, 5.74) is 3.24. The van der Waals surface area contributed by atoms with Crippen molar-refractivity contribution < 1.29 is 22.7 Å². The van der Waals surface area contributed by atoms with Crippen molar-refractivity contribution in [2.75, 3.05) is 18.0 Å². The Morgan fingerprint density at radius 2 is 1.54 bits per heavy atom. The highest BCUT2D eigenvalue weighted by atomic mass is 32.2. The van der Waals surface area contributed by atoms with Gasteiger partial charge in [0.25, 0.3) is 10.0 Å². The molecular weight excluding hydrogens is 538 g/mol. The zero-order valence-corrected chi connectivity index (χ0v) is 26.0.